The summed E-state index contributed by atoms with van der Waals surface area (Å²) in [6, 6.07) is 20.6. The van der Waals surface area contributed by atoms with Gasteiger partial charge in [0.25, 0.3) is 0 Å². The van der Waals surface area contributed by atoms with Crippen LogP contribution in [0.15, 0.2) is 71.6 Å². The van der Waals surface area contributed by atoms with Crippen molar-refractivity contribution in [3.05, 3.63) is 82.2 Å². The van der Waals surface area contributed by atoms with E-state index in [0.29, 0.717) is 10.6 Å². The van der Waals surface area contributed by atoms with Gasteiger partial charge in [-0.05, 0) is 6.08 Å². The highest BCUT2D eigenvalue weighted by Gasteiger charge is 2.12. The monoisotopic (exact) mass is 316 g/mol. The molecule has 110 valence electrons. The van der Waals surface area contributed by atoms with E-state index in [1.54, 1.807) is 30.3 Å². The molecule has 0 unspecified atom stereocenters. The lowest BCUT2D eigenvalue weighted by Crippen LogP contribution is -2.01. The third kappa shape index (κ3) is 3.42. The van der Waals surface area contributed by atoms with Gasteiger partial charge in [-0.1, -0.05) is 60.7 Å². The Bertz CT molecular complexity index is 890. The van der Waals surface area contributed by atoms with Crippen molar-refractivity contribution in [3.63, 3.8) is 0 Å². The number of benzene rings is 2. The van der Waals surface area contributed by atoms with Gasteiger partial charge >= 0.3 is 0 Å². The number of allylic oxidation sites excluding steroid dienone is 1. The van der Waals surface area contributed by atoms with Crippen LogP contribution in [0.2, 0.25) is 0 Å². The van der Waals surface area contributed by atoms with Crippen molar-refractivity contribution in [1.82, 2.24) is 4.98 Å². The number of carbonyl (C=O) groups is 1. The van der Waals surface area contributed by atoms with Gasteiger partial charge in [-0.2, -0.15) is 5.26 Å². The van der Waals surface area contributed by atoms with E-state index in [2.05, 4.69) is 4.98 Å². The molecule has 1 aromatic heterocycles. The van der Waals surface area contributed by atoms with E-state index in [-0.39, 0.29) is 11.4 Å². The van der Waals surface area contributed by atoms with Crippen LogP contribution in [0, 0.1) is 11.3 Å². The van der Waals surface area contributed by atoms with Crippen molar-refractivity contribution < 1.29 is 4.79 Å². The molecular formula is C19H12N2OS. The predicted molar refractivity (Wildman–Crippen MR) is 91.9 cm³/mol. The molecule has 0 saturated heterocycles. The van der Waals surface area contributed by atoms with Crippen LogP contribution < -0.4 is 0 Å². The zero-order valence-corrected chi connectivity index (χ0v) is 13.0. The number of rotatable bonds is 4. The summed E-state index contributed by atoms with van der Waals surface area (Å²) in [5.74, 6) is -0.287. The van der Waals surface area contributed by atoms with E-state index in [9.17, 15) is 10.1 Å². The molecule has 0 aliphatic carbocycles. The minimum Gasteiger partial charge on any atom is -0.288 e. The summed E-state index contributed by atoms with van der Waals surface area (Å²) < 4.78 is 0. The summed E-state index contributed by atoms with van der Waals surface area (Å²) in [4.78, 5) is 16.8. The Morgan fingerprint density at radius 3 is 2.35 bits per heavy atom. The van der Waals surface area contributed by atoms with Crippen molar-refractivity contribution in [2.75, 3.05) is 0 Å². The molecule has 0 aliphatic heterocycles. The van der Waals surface area contributed by atoms with Crippen molar-refractivity contribution >= 4 is 23.2 Å². The Balaban J connectivity index is 1.90. The highest BCUT2D eigenvalue weighted by Crippen LogP contribution is 2.23. The topological polar surface area (TPSA) is 53.8 Å². The quantitative estimate of drug-likeness (QED) is 0.401. The van der Waals surface area contributed by atoms with Gasteiger partial charge < -0.3 is 0 Å². The summed E-state index contributed by atoms with van der Waals surface area (Å²) in [5, 5.41) is 11.8. The van der Waals surface area contributed by atoms with E-state index in [1.807, 2.05) is 47.8 Å². The van der Waals surface area contributed by atoms with Gasteiger partial charge in [0, 0.05) is 16.5 Å². The highest BCUT2D eigenvalue weighted by molar-refractivity contribution is 7.10. The lowest BCUT2D eigenvalue weighted by atomic mass is 10.0. The molecule has 0 saturated carbocycles. The van der Waals surface area contributed by atoms with Crippen molar-refractivity contribution in [2.24, 2.45) is 0 Å². The summed E-state index contributed by atoms with van der Waals surface area (Å²) in [6.45, 7) is 0. The smallest absolute Gasteiger partial charge is 0.203 e. The molecule has 0 spiro atoms. The molecule has 2 aromatic carbocycles. The van der Waals surface area contributed by atoms with Crippen molar-refractivity contribution in [1.29, 1.82) is 5.26 Å². The number of hydrogen-bond acceptors (Lipinski definition) is 4. The molecular weight excluding hydrogens is 304 g/mol. The van der Waals surface area contributed by atoms with Crippen LogP contribution in [0.5, 0.6) is 0 Å². The Kier molecular flexibility index (Phi) is 4.41. The van der Waals surface area contributed by atoms with Crippen LogP contribution >= 0.6 is 11.3 Å². The van der Waals surface area contributed by atoms with Crippen molar-refractivity contribution in [2.45, 2.75) is 0 Å². The van der Waals surface area contributed by atoms with E-state index >= 15 is 0 Å². The number of nitrogens with zero attached hydrogens (tertiary/aromatic N) is 2. The Labute approximate surface area is 138 Å². The number of hydrogen-bond donors (Lipinski definition) is 0. The van der Waals surface area contributed by atoms with Crippen LogP contribution in [-0.4, -0.2) is 10.8 Å². The van der Waals surface area contributed by atoms with Gasteiger partial charge in [0.1, 0.15) is 16.6 Å². The molecule has 1 heterocycles. The number of aromatic nitrogens is 1. The van der Waals surface area contributed by atoms with E-state index in [4.69, 9.17) is 0 Å². The predicted octanol–water partition coefficient (Wildman–Crippen LogP) is 4.60. The Morgan fingerprint density at radius 1 is 1.04 bits per heavy atom. The minimum absolute atomic E-state index is 0.0881. The zero-order valence-electron chi connectivity index (χ0n) is 12.1. The van der Waals surface area contributed by atoms with E-state index in [0.717, 1.165) is 11.3 Å². The summed E-state index contributed by atoms with van der Waals surface area (Å²) in [6.07, 6.45) is 1.55. The lowest BCUT2D eigenvalue weighted by Gasteiger charge is -1.98. The molecule has 23 heavy (non-hydrogen) atoms. The number of Topliss-reactive ketones (excluding diaryl/α,β-unsaturated/α-hetero) is 1. The fraction of sp³-hybridized carbons (Fsp3) is 0. The first kappa shape index (κ1) is 14.9. The fourth-order valence-corrected chi connectivity index (χ4v) is 2.87. The van der Waals surface area contributed by atoms with E-state index < -0.39 is 0 Å². The third-order valence-electron chi connectivity index (χ3n) is 3.26. The first-order chi connectivity index (χ1) is 11.3. The first-order valence-electron chi connectivity index (χ1n) is 7.00. The SMILES string of the molecule is N#CC(=Cc1nc(-c2ccccc2)cs1)C(=O)c1ccccc1. The number of thiazole rings is 1. The van der Waals surface area contributed by atoms with Gasteiger partial charge in [-0.15, -0.1) is 11.3 Å². The minimum atomic E-state index is -0.287. The third-order valence-corrected chi connectivity index (χ3v) is 4.05. The molecule has 0 bridgehead atoms. The lowest BCUT2D eigenvalue weighted by molar-refractivity contribution is 0.104. The molecule has 3 aromatic rings. The molecule has 0 aliphatic rings. The molecule has 0 fully saturated rings. The molecule has 0 amide bonds. The fourth-order valence-electron chi connectivity index (χ4n) is 2.11. The van der Waals surface area contributed by atoms with Crippen LogP contribution in [0.25, 0.3) is 17.3 Å². The molecule has 0 atom stereocenters. The second-order valence-corrected chi connectivity index (χ2v) is 5.69. The molecule has 0 radical (unpaired) electrons. The van der Waals surface area contributed by atoms with Crippen LogP contribution in [-0.2, 0) is 0 Å². The normalized spacial score (nSPS) is 11.0. The van der Waals surface area contributed by atoms with Crippen LogP contribution in [0.4, 0.5) is 0 Å². The molecule has 0 N–H and O–H groups in total. The zero-order chi connectivity index (χ0) is 16.1. The molecule has 4 heteroatoms. The summed E-state index contributed by atoms with van der Waals surface area (Å²) in [7, 11) is 0. The summed E-state index contributed by atoms with van der Waals surface area (Å²) in [5.41, 5.74) is 2.44. The number of carbonyl (C=O) groups excluding carboxylic acids is 1. The molecule has 3 nitrogen and oxygen atoms in total. The van der Waals surface area contributed by atoms with E-state index in [1.165, 1.54) is 11.3 Å². The Morgan fingerprint density at radius 2 is 1.70 bits per heavy atom. The number of nitriles is 1. The Hall–Kier alpha value is -3.03. The standard InChI is InChI=1S/C19H12N2OS/c20-12-16(19(22)15-9-5-2-6-10-15)11-18-21-17(13-23-18)14-7-3-1-4-8-14/h1-11,13H. The van der Waals surface area contributed by atoms with Crippen LogP contribution in [0.3, 0.4) is 0 Å². The average Bonchev–Trinajstić information content (AvgIpc) is 3.09. The average molecular weight is 316 g/mol. The molecule has 3 rings (SSSR count). The summed E-state index contributed by atoms with van der Waals surface area (Å²) >= 11 is 1.41. The second-order valence-electron chi connectivity index (χ2n) is 4.80. The maximum absolute atomic E-state index is 12.3. The maximum atomic E-state index is 12.3. The van der Waals surface area contributed by atoms with Gasteiger partial charge in [-0.3, -0.25) is 4.79 Å². The van der Waals surface area contributed by atoms with Crippen LogP contribution in [0.1, 0.15) is 15.4 Å². The van der Waals surface area contributed by atoms with Gasteiger partial charge in [-0.25, -0.2) is 4.98 Å². The number of ketones is 1. The van der Waals surface area contributed by atoms with Gasteiger partial charge in [0.15, 0.2) is 0 Å². The highest BCUT2D eigenvalue weighted by atomic mass is 32.1. The van der Waals surface area contributed by atoms with Gasteiger partial charge in [0.2, 0.25) is 5.78 Å². The maximum Gasteiger partial charge on any atom is 0.203 e. The first-order valence-corrected chi connectivity index (χ1v) is 7.88. The second kappa shape index (κ2) is 6.82. The van der Waals surface area contributed by atoms with Gasteiger partial charge in [0.05, 0.1) is 5.69 Å². The van der Waals surface area contributed by atoms with Crippen molar-refractivity contribution in [3.8, 4) is 17.3 Å². The largest absolute Gasteiger partial charge is 0.288 e.